The van der Waals surface area contributed by atoms with Gasteiger partial charge in [0.1, 0.15) is 6.04 Å². The summed E-state index contributed by atoms with van der Waals surface area (Å²) in [4.78, 5) is 23.7. The maximum Gasteiger partial charge on any atom is 0.242 e. The highest BCUT2D eigenvalue weighted by molar-refractivity contribution is 5.90. The molecule has 3 rings (SSSR count). The zero-order valence-electron chi connectivity index (χ0n) is 13.9. The van der Waals surface area contributed by atoms with E-state index in [9.17, 15) is 9.59 Å². The third kappa shape index (κ3) is 3.41. The Morgan fingerprint density at radius 2 is 2.00 bits per heavy atom. The van der Waals surface area contributed by atoms with Crippen molar-refractivity contribution in [2.24, 2.45) is 0 Å². The molecule has 2 N–H and O–H groups in total. The van der Waals surface area contributed by atoms with E-state index < -0.39 is 0 Å². The van der Waals surface area contributed by atoms with E-state index in [-0.39, 0.29) is 23.3 Å². The van der Waals surface area contributed by atoms with Crippen molar-refractivity contribution >= 4 is 11.8 Å². The zero-order chi connectivity index (χ0) is 16.3. The molecular formula is C19H26N2O2. The predicted octanol–water partition coefficient (Wildman–Crippen LogP) is 2.59. The molecule has 0 aromatic heterocycles. The van der Waals surface area contributed by atoms with Gasteiger partial charge in [-0.25, -0.2) is 0 Å². The molecule has 2 amide bonds. The van der Waals surface area contributed by atoms with Gasteiger partial charge in [0.05, 0.1) is 0 Å². The van der Waals surface area contributed by atoms with E-state index in [0.29, 0.717) is 19.4 Å². The second-order valence-corrected chi connectivity index (χ2v) is 7.03. The molecule has 1 saturated carbocycles. The van der Waals surface area contributed by atoms with E-state index in [0.717, 1.165) is 12.8 Å². The standard InChI is InChI=1S/C19H26N2O2/c1-14-7-3-4-8-15(14)19(11-5-2-6-12-19)13-20-18(23)16-9-10-17(22)21-16/h3-4,7-8,16H,2,5-6,9-13H2,1H3,(H,20,23)(H,21,22)/t16-/m1/s1. The summed E-state index contributed by atoms with van der Waals surface area (Å²) in [5, 5.41) is 5.88. The number of aryl methyl sites for hydroxylation is 1. The van der Waals surface area contributed by atoms with Crippen molar-refractivity contribution in [1.82, 2.24) is 10.6 Å². The number of rotatable bonds is 4. The van der Waals surface area contributed by atoms with Crippen molar-refractivity contribution in [3.8, 4) is 0 Å². The van der Waals surface area contributed by atoms with Crippen molar-refractivity contribution in [1.29, 1.82) is 0 Å². The lowest BCUT2D eigenvalue weighted by atomic mass is 9.68. The van der Waals surface area contributed by atoms with E-state index in [1.54, 1.807) is 0 Å². The Morgan fingerprint density at radius 1 is 1.26 bits per heavy atom. The summed E-state index contributed by atoms with van der Waals surface area (Å²) < 4.78 is 0. The van der Waals surface area contributed by atoms with Crippen LogP contribution in [-0.4, -0.2) is 24.4 Å². The highest BCUT2D eigenvalue weighted by atomic mass is 16.2. The summed E-state index contributed by atoms with van der Waals surface area (Å²) in [6, 6.07) is 8.19. The molecular weight excluding hydrogens is 288 g/mol. The van der Waals surface area contributed by atoms with Crippen LogP contribution in [0, 0.1) is 6.92 Å². The van der Waals surface area contributed by atoms with Gasteiger partial charge in [-0.05, 0) is 37.3 Å². The minimum atomic E-state index is -0.347. The maximum atomic E-state index is 12.4. The first-order valence-corrected chi connectivity index (χ1v) is 8.74. The van der Waals surface area contributed by atoms with Crippen LogP contribution in [0.25, 0.3) is 0 Å². The van der Waals surface area contributed by atoms with E-state index >= 15 is 0 Å². The molecule has 2 aliphatic rings. The Labute approximate surface area is 138 Å². The van der Waals surface area contributed by atoms with Gasteiger partial charge in [-0.1, -0.05) is 43.5 Å². The van der Waals surface area contributed by atoms with Crippen LogP contribution in [0.5, 0.6) is 0 Å². The van der Waals surface area contributed by atoms with Crippen LogP contribution in [0.1, 0.15) is 56.1 Å². The van der Waals surface area contributed by atoms with Gasteiger partial charge in [-0.3, -0.25) is 9.59 Å². The first-order valence-electron chi connectivity index (χ1n) is 8.74. The smallest absolute Gasteiger partial charge is 0.242 e. The minimum Gasteiger partial charge on any atom is -0.353 e. The van der Waals surface area contributed by atoms with Crippen LogP contribution < -0.4 is 10.6 Å². The molecule has 124 valence electrons. The monoisotopic (exact) mass is 314 g/mol. The second-order valence-electron chi connectivity index (χ2n) is 7.03. The molecule has 4 nitrogen and oxygen atoms in total. The molecule has 1 atom stereocenters. The molecule has 0 bridgehead atoms. The van der Waals surface area contributed by atoms with Gasteiger partial charge in [0.2, 0.25) is 11.8 Å². The van der Waals surface area contributed by atoms with Gasteiger partial charge in [-0.15, -0.1) is 0 Å². The molecule has 1 saturated heterocycles. The Bertz CT molecular complexity index is 591. The lowest BCUT2D eigenvalue weighted by Crippen LogP contribution is -2.48. The SMILES string of the molecule is Cc1ccccc1C1(CNC(=O)[C@H]2CCC(=O)N2)CCCCC1. The maximum absolute atomic E-state index is 12.4. The van der Waals surface area contributed by atoms with Gasteiger partial charge in [0.15, 0.2) is 0 Å². The molecule has 0 spiro atoms. The molecule has 1 aliphatic carbocycles. The quantitative estimate of drug-likeness (QED) is 0.897. The van der Waals surface area contributed by atoms with E-state index in [4.69, 9.17) is 0 Å². The zero-order valence-corrected chi connectivity index (χ0v) is 13.9. The molecule has 1 heterocycles. The summed E-state index contributed by atoms with van der Waals surface area (Å²) >= 11 is 0. The van der Waals surface area contributed by atoms with Crippen LogP contribution in [0.15, 0.2) is 24.3 Å². The third-order valence-electron chi connectivity index (χ3n) is 5.44. The number of nitrogens with one attached hydrogen (secondary N) is 2. The summed E-state index contributed by atoms with van der Waals surface area (Å²) in [5.74, 6) is -0.0502. The number of hydrogen-bond acceptors (Lipinski definition) is 2. The van der Waals surface area contributed by atoms with Crippen molar-refractivity contribution in [3.63, 3.8) is 0 Å². The summed E-state index contributed by atoms with van der Waals surface area (Å²) in [6.45, 7) is 2.83. The fourth-order valence-electron chi connectivity index (χ4n) is 4.13. The van der Waals surface area contributed by atoms with Crippen molar-refractivity contribution in [3.05, 3.63) is 35.4 Å². The number of amides is 2. The highest BCUT2D eigenvalue weighted by Gasteiger charge is 2.36. The lowest BCUT2D eigenvalue weighted by molar-refractivity contribution is -0.126. The fourth-order valence-corrected chi connectivity index (χ4v) is 4.13. The number of hydrogen-bond donors (Lipinski definition) is 2. The Kier molecular flexibility index (Phi) is 4.69. The Balaban J connectivity index is 1.74. The van der Waals surface area contributed by atoms with Gasteiger partial charge >= 0.3 is 0 Å². The van der Waals surface area contributed by atoms with Crippen LogP contribution >= 0.6 is 0 Å². The molecule has 0 unspecified atom stereocenters. The number of benzene rings is 1. The summed E-state index contributed by atoms with van der Waals surface area (Å²) in [7, 11) is 0. The molecule has 1 aromatic rings. The van der Waals surface area contributed by atoms with Crippen LogP contribution in [0.4, 0.5) is 0 Å². The largest absolute Gasteiger partial charge is 0.353 e. The Hall–Kier alpha value is -1.84. The minimum absolute atomic E-state index is 0.0172. The predicted molar refractivity (Wildman–Crippen MR) is 90.1 cm³/mol. The van der Waals surface area contributed by atoms with Crippen LogP contribution in [0.2, 0.25) is 0 Å². The van der Waals surface area contributed by atoms with E-state index in [1.807, 2.05) is 0 Å². The molecule has 1 aromatic carbocycles. The van der Waals surface area contributed by atoms with Crippen molar-refractivity contribution in [2.45, 2.75) is 63.3 Å². The number of carbonyl (C=O) groups excluding carboxylic acids is 2. The van der Waals surface area contributed by atoms with Crippen molar-refractivity contribution < 1.29 is 9.59 Å². The lowest BCUT2D eigenvalue weighted by Gasteiger charge is -2.39. The summed E-state index contributed by atoms with van der Waals surface area (Å²) in [5.41, 5.74) is 2.72. The third-order valence-corrected chi connectivity index (χ3v) is 5.44. The van der Waals surface area contributed by atoms with Gasteiger partial charge in [0, 0.05) is 18.4 Å². The van der Waals surface area contributed by atoms with Gasteiger partial charge in [0.25, 0.3) is 0 Å². The highest BCUT2D eigenvalue weighted by Crippen LogP contribution is 2.40. The van der Waals surface area contributed by atoms with Crippen LogP contribution in [0.3, 0.4) is 0 Å². The van der Waals surface area contributed by atoms with Gasteiger partial charge < -0.3 is 10.6 Å². The topological polar surface area (TPSA) is 58.2 Å². The van der Waals surface area contributed by atoms with E-state index in [1.165, 1.54) is 30.4 Å². The Morgan fingerprint density at radius 3 is 2.65 bits per heavy atom. The normalized spacial score (nSPS) is 23.3. The molecule has 0 radical (unpaired) electrons. The number of carbonyl (C=O) groups is 2. The van der Waals surface area contributed by atoms with Gasteiger partial charge in [-0.2, -0.15) is 0 Å². The first-order chi connectivity index (χ1) is 11.1. The average Bonchev–Trinajstić information content (AvgIpc) is 3.00. The first kappa shape index (κ1) is 16.0. The van der Waals surface area contributed by atoms with E-state index in [2.05, 4.69) is 41.8 Å². The molecule has 23 heavy (non-hydrogen) atoms. The average molecular weight is 314 g/mol. The second kappa shape index (κ2) is 6.73. The molecule has 2 fully saturated rings. The van der Waals surface area contributed by atoms with Crippen molar-refractivity contribution in [2.75, 3.05) is 6.54 Å². The van der Waals surface area contributed by atoms with Crippen LogP contribution in [-0.2, 0) is 15.0 Å². The summed E-state index contributed by atoms with van der Waals surface area (Å²) in [6.07, 6.45) is 7.02. The molecule has 1 aliphatic heterocycles. The fraction of sp³-hybridized carbons (Fsp3) is 0.579. The molecule has 4 heteroatoms.